The first-order valence-corrected chi connectivity index (χ1v) is 10.0. The molecule has 0 aromatic heterocycles. The van der Waals surface area contributed by atoms with Crippen LogP contribution in [0.25, 0.3) is 0 Å². The van der Waals surface area contributed by atoms with Gasteiger partial charge in [-0.2, -0.15) is 0 Å². The fraction of sp³-hybridized carbons (Fsp3) is 0.500. The molecule has 0 spiro atoms. The van der Waals surface area contributed by atoms with E-state index in [9.17, 15) is 16.8 Å². The Morgan fingerprint density at radius 3 is 2.25 bits per heavy atom. The van der Waals surface area contributed by atoms with E-state index >= 15 is 0 Å². The fourth-order valence-electron chi connectivity index (χ4n) is 1.61. The predicted molar refractivity (Wildman–Crippen MR) is 81.1 cm³/mol. The maximum Gasteiger partial charge on any atom is 0.261 e. The van der Waals surface area contributed by atoms with Crippen LogP contribution >= 0.6 is 10.7 Å². The van der Waals surface area contributed by atoms with Crippen molar-refractivity contribution in [3.8, 4) is 0 Å². The van der Waals surface area contributed by atoms with Gasteiger partial charge in [0, 0.05) is 16.4 Å². The van der Waals surface area contributed by atoms with Crippen LogP contribution in [-0.4, -0.2) is 22.6 Å². The number of nitrogens with one attached hydrogen (secondary N) is 1. The molecule has 0 radical (unpaired) electrons. The van der Waals surface area contributed by atoms with Crippen molar-refractivity contribution in [2.45, 2.75) is 32.1 Å². The molecule has 1 aromatic carbocycles. The van der Waals surface area contributed by atoms with Gasteiger partial charge in [-0.25, -0.2) is 16.8 Å². The molecule has 0 saturated heterocycles. The Kier molecular flexibility index (Phi) is 5.46. The van der Waals surface area contributed by atoms with Gasteiger partial charge in [0.15, 0.2) is 0 Å². The lowest BCUT2D eigenvalue weighted by Crippen LogP contribution is -2.18. The van der Waals surface area contributed by atoms with Gasteiger partial charge in [-0.1, -0.05) is 13.8 Å². The van der Waals surface area contributed by atoms with Crippen LogP contribution in [0.15, 0.2) is 23.1 Å². The van der Waals surface area contributed by atoms with Gasteiger partial charge in [-0.3, -0.25) is 4.72 Å². The lowest BCUT2D eigenvalue weighted by Gasteiger charge is -2.11. The lowest BCUT2D eigenvalue weighted by atomic mass is 10.2. The van der Waals surface area contributed by atoms with Gasteiger partial charge in [-0.05, 0) is 43.0 Å². The Hall–Kier alpha value is -0.790. The molecule has 0 aliphatic heterocycles. The van der Waals surface area contributed by atoms with Crippen molar-refractivity contribution >= 4 is 35.4 Å². The summed E-state index contributed by atoms with van der Waals surface area (Å²) < 4.78 is 48.6. The molecule has 0 aliphatic carbocycles. The Balaban J connectivity index is 2.93. The van der Waals surface area contributed by atoms with Gasteiger partial charge in [0.2, 0.25) is 10.0 Å². The van der Waals surface area contributed by atoms with Crippen LogP contribution < -0.4 is 4.72 Å². The van der Waals surface area contributed by atoms with Gasteiger partial charge in [0.1, 0.15) is 0 Å². The Morgan fingerprint density at radius 2 is 1.80 bits per heavy atom. The molecular weight excluding hydrogens is 322 g/mol. The molecule has 0 atom stereocenters. The Labute approximate surface area is 124 Å². The smallest absolute Gasteiger partial charge is 0.261 e. The predicted octanol–water partition coefficient (Wildman–Crippen LogP) is 2.71. The monoisotopic (exact) mass is 339 g/mol. The summed E-state index contributed by atoms with van der Waals surface area (Å²) in [6.45, 7) is 5.45. The third kappa shape index (κ3) is 5.30. The normalized spacial score (nSPS) is 12.7. The number of aryl methyl sites for hydroxylation is 1. The topological polar surface area (TPSA) is 80.3 Å². The summed E-state index contributed by atoms with van der Waals surface area (Å²) in [7, 11) is -1.98. The summed E-state index contributed by atoms with van der Waals surface area (Å²) in [5.41, 5.74) is 0.722. The molecular formula is C12H18ClNO4S2. The van der Waals surface area contributed by atoms with Gasteiger partial charge in [-0.15, -0.1) is 0 Å². The van der Waals surface area contributed by atoms with Gasteiger partial charge in [0.05, 0.1) is 10.6 Å². The molecule has 0 fully saturated rings. The van der Waals surface area contributed by atoms with Crippen LogP contribution in [0.3, 0.4) is 0 Å². The first-order chi connectivity index (χ1) is 9.01. The second-order valence-corrected chi connectivity index (χ2v) is 9.40. The average molecular weight is 340 g/mol. The molecule has 1 rings (SSSR count). The van der Waals surface area contributed by atoms with Gasteiger partial charge < -0.3 is 0 Å². The van der Waals surface area contributed by atoms with E-state index in [2.05, 4.69) is 4.72 Å². The van der Waals surface area contributed by atoms with E-state index in [4.69, 9.17) is 10.7 Å². The quantitative estimate of drug-likeness (QED) is 0.808. The number of hydrogen-bond donors (Lipinski definition) is 1. The van der Waals surface area contributed by atoms with Crippen molar-refractivity contribution in [1.82, 2.24) is 0 Å². The average Bonchev–Trinajstić information content (AvgIpc) is 2.24. The number of anilines is 1. The number of rotatable bonds is 6. The third-order valence-electron chi connectivity index (χ3n) is 2.67. The van der Waals surface area contributed by atoms with Gasteiger partial charge >= 0.3 is 0 Å². The summed E-state index contributed by atoms with van der Waals surface area (Å²) in [6, 6.07) is 4.12. The van der Waals surface area contributed by atoms with Crippen LogP contribution in [0, 0.1) is 12.8 Å². The zero-order chi connectivity index (χ0) is 15.6. The van der Waals surface area contributed by atoms with E-state index in [0.29, 0.717) is 17.7 Å². The van der Waals surface area contributed by atoms with E-state index in [-0.39, 0.29) is 16.6 Å². The fourth-order valence-corrected chi connectivity index (χ4v) is 4.17. The van der Waals surface area contributed by atoms with E-state index in [1.54, 1.807) is 6.92 Å². The van der Waals surface area contributed by atoms with Crippen molar-refractivity contribution in [2.75, 3.05) is 10.5 Å². The molecule has 0 bridgehead atoms. The third-order valence-corrected chi connectivity index (χ3v) is 5.48. The van der Waals surface area contributed by atoms with Crippen LogP contribution in [0.5, 0.6) is 0 Å². The zero-order valence-electron chi connectivity index (χ0n) is 11.6. The second kappa shape index (κ2) is 6.32. The van der Waals surface area contributed by atoms with E-state index < -0.39 is 19.1 Å². The molecule has 1 aromatic rings. The Bertz CT molecular complexity index is 681. The second-order valence-electron chi connectivity index (χ2n) is 5.02. The number of sulfonamides is 1. The molecule has 0 unspecified atom stereocenters. The lowest BCUT2D eigenvalue weighted by molar-refractivity contribution is 0.578. The maximum atomic E-state index is 11.8. The molecule has 20 heavy (non-hydrogen) atoms. The standard InChI is InChI=1S/C12H18ClNO4S2/c1-9(2)6-7-19(15,16)14-11-4-5-12(10(3)8-11)20(13,17)18/h4-5,8-9,14H,6-7H2,1-3H3. The SMILES string of the molecule is Cc1cc(NS(=O)(=O)CCC(C)C)ccc1S(=O)(=O)Cl. The van der Waals surface area contributed by atoms with E-state index in [1.165, 1.54) is 18.2 Å². The molecule has 8 heteroatoms. The minimum atomic E-state index is -3.82. The molecule has 0 aliphatic rings. The molecule has 5 nitrogen and oxygen atoms in total. The van der Waals surface area contributed by atoms with Crippen LogP contribution in [-0.2, 0) is 19.1 Å². The minimum absolute atomic E-state index is 0.0238. The van der Waals surface area contributed by atoms with Crippen LogP contribution in [0.1, 0.15) is 25.8 Å². The first kappa shape index (κ1) is 17.3. The maximum absolute atomic E-state index is 11.8. The highest BCUT2D eigenvalue weighted by atomic mass is 35.7. The molecule has 114 valence electrons. The highest BCUT2D eigenvalue weighted by molar-refractivity contribution is 8.13. The van der Waals surface area contributed by atoms with Crippen molar-refractivity contribution in [2.24, 2.45) is 5.92 Å². The summed E-state index contributed by atoms with van der Waals surface area (Å²) >= 11 is 0. The highest BCUT2D eigenvalue weighted by Gasteiger charge is 2.16. The zero-order valence-corrected chi connectivity index (χ0v) is 13.9. The molecule has 0 heterocycles. The van der Waals surface area contributed by atoms with E-state index in [1.807, 2.05) is 13.8 Å². The number of hydrogen-bond acceptors (Lipinski definition) is 4. The summed E-state index contributed by atoms with van der Waals surface area (Å²) in [5, 5.41) is 0. The summed E-state index contributed by atoms with van der Waals surface area (Å²) in [4.78, 5) is -0.0238. The number of halogens is 1. The van der Waals surface area contributed by atoms with Crippen molar-refractivity contribution in [1.29, 1.82) is 0 Å². The summed E-state index contributed by atoms with van der Waals surface area (Å²) in [5.74, 6) is 0.316. The largest absolute Gasteiger partial charge is 0.284 e. The van der Waals surface area contributed by atoms with Crippen molar-refractivity contribution in [3.05, 3.63) is 23.8 Å². The van der Waals surface area contributed by atoms with E-state index in [0.717, 1.165) is 0 Å². The molecule has 1 N–H and O–H groups in total. The first-order valence-electron chi connectivity index (χ1n) is 6.07. The van der Waals surface area contributed by atoms with Crippen molar-refractivity contribution in [3.63, 3.8) is 0 Å². The minimum Gasteiger partial charge on any atom is -0.284 e. The summed E-state index contributed by atoms with van der Waals surface area (Å²) in [6.07, 6.45) is 0.558. The van der Waals surface area contributed by atoms with Crippen LogP contribution in [0.4, 0.5) is 5.69 Å². The Morgan fingerprint density at radius 1 is 1.20 bits per heavy atom. The molecule has 0 amide bonds. The van der Waals surface area contributed by atoms with Crippen LogP contribution in [0.2, 0.25) is 0 Å². The highest BCUT2D eigenvalue weighted by Crippen LogP contribution is 2.23. The van der Waals surface area contributed by atoms with Crippen molar-refractivity contribution < 1.29 is 16.8 Å². The molecule has 0 saturated carbocycles. The van der Waals surface area contributed by atoms with Gasteiger partial charge in [0.25, 0.3) is 9.05 Å². The number of benzene rings is 1.